The van der Waals surface area contributed by atoms with Crippen LogP contribution in [0.3, 0.4) is 0 Å². The summed E-state index contributed by atoms with van der Waals surface area (Å²) in [5, 5.41) is 12.4. The number of para-hydroxylation sites is 1. The number of piperidine rings is 1. The molecule has 1 saturated heterocycles. The summed E-state index contributed by atoms with van der Waals surface area (Å²) in [7, 11) is 0. The summed E-state index contributed by atoms with van der Waals surface area (Å²) in [5.41, 5.74) is 0.854. The van der Waals surface area contributed by atoms with E-state index < -0.39 is 0 Å². The third kappa shape index (κ3) is 5.15. The van der Waals surface area contributed by atoms with E-state index in [9.17, 15) is 10.1 Å². The molecule has 0 radical (unpaired) electrons. The zero-order chi connectivity index (χ0) is 19.1. The van der Waals surface area contributed by atoms with Gasteiger partial charge >= 0.3 is 0 Å². The summed E-state index contributed by atoms with van der Waals surface area (Å²) in [6.07, 6.45) is 5.10. The number of rotatable bonds is 5. The molecule has 4 nitrogen and oxygen atoms in total. The van der Waals surface area contributed by atoms with Gasteiger partial charge in [0.2, 0.25) is 0 Å². The summed E-state index contributed by atoms with van der Waals surface area (Å²) in [4.78, 5) is 16.8. The molecule has 1 N–H and O–H groups in total. The van der Waals surface area contributed by atoms with Gasteiger partial charge in [-0.3, -0.25) is 4.79 Å². The molecule has 1 atom stereocenters. The van der Waals surface area contributed by atoms with Crippen LogP contribution in [0, 0.1) is 11.3 Å². The van der Waals surface area contributed by atoms with E-state index in [1.807, 2.05) is 54.6 Å². The number of carbonyl (C=O) groups excluding carboxylic acids is 1. The molecule has 1 unspecified atom stereocenters. The fourth-order valence-corrected chi connectivity index (χ4v) is 4.00. The second-order valence-corrected chi connectivity index (χ2v) is 7.72. The monoisotopic (exact) mass is 377 g/mol. The summed E-state index contributed by atoms with van der Waals surface area (Å²) < 4.78 is 0. The Morgan fingerprint density at radius 2 is 1.93 bits per heavy atom. The Bertz CT molecular complexity index is 857. The Hall–Kier alpha value is -2.71. The van der Waals surface area contributed by atoms with Crippen LogP contribution in [0.4, 0.5) is 5.69 Å². The first kappa shape index (κ1) is 19.1. The largest absolute Gasteiger partial charge is 0.373 e. The molecule has 0 aliphatic carbocycles. The van der Waals surface area contributed by atoms with Crippen LogP contribution < -0.4 is 5.32 Å². The molecule has 2 aromatic carbocycles. The highest BCUT2D eigenvalue weighted by molar-refractivity contribution is 7.99. The Balaban J connectivity index is 1.76. The second-order valence-electron chi connectivity index (χ2n) is 6.60. The van der Waals surface area contributed by atoms with Gasteiger partial charge in [0, 0.05) is 28.6 Å². The number of hydrogen-bond donors (Lipinski definition) is 1. The summed E-state index contributed by atoms with van der Waals surface area (Å²) in [5.74, 6) is -0.364. The van der Waals surface area contributed by atoms with Crippen molar-refractivity contribution in [1.82, 2.24) is 4.90 Å². The van der Waals surface area contributed by atoms with Crippen LogP contribution in [-0.4, -0.2) is 23.4 Å². The van der Waals surface area contributed by atoms with Crippen molar-refractivity contribution < 1.29 is 4.79 Å². The molecule has 1 aliphatic heterocycles. The lowest BCUT2D eigenvalue weighted by Gasteiger charge is -2.32. The normalized spacial score (nSPS) is 17.3. The lowest BCUT2D eigenvalue weighted by molar-refractivity contribution is -0.112. The van der Waals surface area contributed by atoms with E-state index >= 15 is 0 Å². The van der Waals surface area contributed by atoms with Crippen LogP contribution in [0.5, 0.6) is 0 Å². The molecule has 0 spiro atoms. The van der Waals surface area contributed by atoms with Gasteiger partial charge in [-0.05, 0) is 50.5 Å². The highest BCUT2D eigenvalue weighted by Gasteiger charge is 2.19. The first-order valence-corrected chi connectivity index (χ1v) is 10.00. The van der Waals surface area contributed by atoms with Gasteiger partial charge < -0.3 is 10.2 Å². The summed E-state index contributed by atoms with van der Waals surface area (Å²) in [6, 6.07) is 20.1. The van der Waals surface area contributed by atoms with Gasteiger partial charge in [0.05, 0.1) is 5.69 Å². The van der Waals surface area contributed by atoms with Crippen LogP contribution in [0.15, 0.2) is 76.2 Å². The van der Waals surface area contributed by atoms with Crippen molar-refractivity contribution in [2.24, 2.45) is 0 Å². The minimum absolute atomic E-state index is 0.142. The van der Waals surface area contributed by atoms with Crippen molar-refractivity contribution >= 4 is 23.4 Å². The Kier molecular flexibility index (Phi) is 6.56. The van der Waals surface area contributed by atoms with Crippen molar-refractivity contribution in [3.63, 3.8) is 0 Å². The molecule has 1 amide bonds. The van der Waals surface area contributed by atoms with Crippen molar-refractivity contribution in [2.45, 2.75) is 42.0 Å². The Morgan fingerprint density at radius 3 is 2.67 bits per heavy atom. The predicted molar refractivity (Wildman–Crippen MR) is 109 cm³/mol. The smallest absolute Gasteiger partial charge is 0.267 e. The van der Waals surface area contributed by atoms with Gasteiger partial charge in [-0.25, -0.2) is 0 Å². The quantitative estimate of drug-likeness (QED) is 0.585. The molecule has 1 aliphatic rings. The van der Waals surface area contributed by atoms with Crippen molar-refractivity contribution in [3.8, 4) is 6.07 Å². The number of nitriles is 1. The molecule has 0 saturated carbocycles. The number of likely N-dealkylation sites (tertiary alicyclic amines) is 1. The Labute approximate surface area is 164 Å². The summed E-state index contributed by atoms with van der Waals surface area (Å²) in [6.45, 7) is 3.02. The molecule has 5 heteroatoms. The number of carbonyl (C=O) groups is 1. The van der Waals surface area contributed by atoms with Crippen LogP contribution in [0.1, 0.15) is 26.2 Å². The average molecular weight is 378 g/mol. The van der Waals surface area contributed by atoms with Crippen LogP contribution in [0.25, 0.3) is 0 Å². The lowest BCUT2D eigenvalue weighted by atomic mass is 10.0. The lowest BCUT2D eigenvalue weighted by Crippen LogP contribution is -2.34. The van der Waals surface area contributed by atoms with Gasteiger partial charge in [0.25, 0.3) is 5.91 Å². The maximum Gasteiger partial charge on any atom is 0.267 e. The Morgan fingerprint density at radius 1 is 1.19 bits per heavy atom. The minimum atomic E-state index is -0.364. The molecular weight excluding hydrogens is 354 g/mol. The standard InChI is InChI=1S/C22H23N3OS/c1-17-9-7-8-14-25(17)16-18(15-23)22(26)24-20-12-5-6-13-21(20)27-19-10-3-2-4-11-19/h2-6,10-13,16-17H,7-9,14H2,1H3,(H,24,26)/b18-16-. The van der Waals surface area contributed by atoms with Crippen molar-refractivity contribution in [2.75, 3.05) is 11.9 Å². The molecular formula is C22H23N3OS. The minimum Gasteiger partial charge on any atom is -0.373 e. The predicted octanol–water partition coefficient (Wildman–Crippen LogP) is 5.06. The molecule has 2 aromatic rings. The number of nitrogens with zero attached hydrogens (tertiary/aromatic N) is 2. The van der Waals surface area contributed by atoms with Gasteiger partial charge in [-0.1, -0.05) is 42.1 Å². The first-order chi connectivity index (χ1) is 13.2. The summed E-state index contributed by atoms with van der Waals surface area (Å²) >= 11 is 1.58. The van der Waals surface area contributed by atoms with Crippen LogP contribution in [-0.2, 0) is 4.79 Å². The number of anilines is 1. The van der Waals surface area contributed by atoms with E-state index in [1.54, 1.807) is 18.0 Å². The van der Waals surface area contributed by atoms with E-state index in [-0.39, 0.29) is 11.5 Å². The fraction of sp³-hybridized carbons (Fsp3) is 0.273. The van der Waals surface area contributed by atoms with Crippen molar-refractivity contribution in [1.29, 1.82) is 5.26 Å². The van der Waals surface area contributed by atoms with E-state index in [4.69, 9.17) is 0 Å². The molecule has 138 valence electrons. The van der Waals surface area contributed by atoms with E-state index in [2.05, 4.69) is 23.2 Å². The highest BCUT2D eigenvalue weighted by Crippen LogP contribution is 2.33. The zero-order valence-electron chi connectivity index (χ0n) is 15.4. The molecule has 1 heterocycles. The van der Waals surface area contributed by atoms with Gasteiger partial charge in [0.15, 0.2) is 0 Å². The van der Waals surface area contributed by atoms with Gasteiger partial charge in [-0.15, -0.1) is 0 Å². The molecule has 27 heavy (non-hydrogen) atoms. The number of nitrogens with one attached hydrogen (secondary N) is 1. The van der Waals surface area contributed by atoms with E-state index in [0.717, 1.165) is 29.2 Å². The number of amides is 1. The third-order valence-corrected chi connectivity index (χ3v) is 5.70. The third-order valence-electron chi connectivity index (χ3n) is 4.62. The molecule has 1 fully saturated rings. The molecule has 0 bridgehead atoms. The molecule has 0 aromatic heterocycles. The zero-order valence-corrected chi connectivity index (χ0v) is 16.2. The first-order valence-electron chi connectivity index (χ1n) is 9.18. The van der Waals surface area contributed by atoms with Gasteiger partial charge in [-0.2, -0.15) is 5.26 Å². The number of benzene rings is 2. The SMILES string of the molecule is CC1CCCCN1/C=C(/C#N)C(=O)Nc1ccccc1Sc1ccccc1. The van der Waals surface area contributed by atoms with E-state index in [1.165, 1.54) is 6.42 Å². The second kappa shape index (κ2) is 9.29. The van der Waals surface area contributed by atoms with Gasteiger partial charge in [0.1, 0.15) is 11.6 Å². The molecule has 3 rings (SSSR count). The van der Waals surface area contributed by atoms with E-state index in [0.29, 0.717) is 11.7 Å². The maximum atomic E-state index is 12.7. The maximum absolute atomic E-state index is 12.7. The van der Waals surface area contributed by atoms with Crippen molar-refractivity contribution in [3.05, 3.63) is 66.4 Å². The van der Waals surface area contributed by atoms with Crippen LogP contribution in [0.2, 0.25) is 0 Å². The van der Waals surface area contributed by atoms with Crippen LogP contribution >= 0.6 is 11.8 Å². The average Bonchev–Trinajstić information content (AvgIpc) is 2.69. The topological polar surface area (TPSA) is 56.1 Å². The fourth-order valence-electron chi connectivity index (χ4n) is 3.08. The number of hydrogen-bond acceptors (Lipinski definition) is 4. The highest BCUT2D eigenvalue weighted by atomic mass is 32.2.